The molecule has 2 rings (SSSR count). The number of ether oxygens (including phenoxy) is 1. The van der Waals surface area contributed by atoms with Gasteiger partial charge in [-0.1, -0.05) is 23.4 Å². The van der Waals surface area contributed by atoms with Crippen LogP contribution >= 0.6 is 11.6 Å². The number of amides is 1. The Morgan fingerprint density at radius 1 is 1.52 bits per heavy atom. The number of pyridine rings is 1. The van der Waals surface area contributed by atoms with E-state index in [0.29, 0.717) is 17.0 Å². The summed E-state index contributed by atoms with van der Waals surface area (Å²) in [4.78, 5) is 18.9. The predicted molar refractivity (Wildman–Crippen MR) is 91.4 cm³/mol. The number of halogens is 1. The third-order valence-corrected chi connectivity index (χ3v) is 3.32. The summed E-state index contributed by atoms with van der Waals surface area (Å²) >= 11 is 6.30. The number of carbonyl (C=O) groups excluding carboxylic acids is 1. The van der Waals surface area contributed by atoms with Crippen molar-refractivity contribution < 1.29 is 9.53 Å². The van der Waals surface area contributed by atoms with Crippen molar-refractivity contribution in [2.24, 2.45) is 0 Å². The highest BCUT2D eigenvalue weighted by Crippen LogP contribution is 2.24. The molecule has 2 aromatic rings. The summed E-state index contributed by atoms with van der Waals surface area (Å²) in [6.07, 6.45) is 3.47. The number of alkyl carbamates (subject to hydrolysis) is 1. The molecule has 0 saturated heterocycles. The van der Waals surface area contributed by atoms with Gasteiger partial charge >= 0.3 is 6.09 Å². The second kappa shape index (κ2) is 6.93. The highest BCUT2D eigenvalue weighted by molar-refractivity contribution is 6.36. The first-order valence-corrected chi connectivity index (χ1v) is 7.74. The van der Waals surface area contributed by atoms with Gasteiger partial charge < -0.3 is 15.0 Å². The largest absolute Gasteiger partial charge is 0.444 e. The standard InChI is InChI=1S/C17H20ClN3O2/c1-11(21-16(22)23-17(2,3)4)6-5-7-12-10-20-15-13(14(12)18)8-9-19-15/h8-11H,6H2,1-4H3,(H,19,20)(H,21,22)/t11-/m0/s1. The van der Waals surface area contributed by atoms with Crippen LogP contribution in [0.2, 0.25) is 5.02 Å². The minimum Gasteiger partial charge on any atom is -0.444 e. The van der Waals surface area contributed by atoms with Crippen molar-refractivity contribution in [2.45, 2.75) is 45.8 Å². The van der Waals surface area contributed by atoms with Crippen LogP contribution in [0.4, 0.5) is 4.79 Å². The molecular weight excluding hydrogens is 314 g/mol. The fourth-order valence-electron chi connectivity index (χ4n) is 1.92. The topological polar surface area (TPSA) is 67.0 Å². The van der Waals surface area contributed by atoms with Gasteiger partial charge in [0.15, 0.2) is 0 Å². The summed E-state index contributed by atoms with van der Waals surface area (Å²) in [6, 6.07) is 1.74. The first-order valence-electron chi connectivity index (χ1n) is 7.36. The van der Waals surface area contributed by atoms with Gasteiger partial charge in [0.2, 0.25) is 0 Å². The third kappa shape index (κ3) is 4.90. The molecule has 0 spiro atoms. The monoisotopic (exact) mass is 333 g/mol. The fraction of sp³-hybridized carbons (Fsp3) is 0.412. The summed E-state index contributed by atoms with van der Waals surface area (Å²) in [5, 5.41) is 4.17. The Bertz CT molecular complexity index is 765. The Hall–Kier alpha value is -2.19. The number of hydrogen-bond donors (Lipinski definition) is 2. The van der Waals surface area contributed by atoms with Crippen LogP contribution in [-0.2, 0) is 4.74 Å². The van der Waals surface area contributed by atoms with Crippen LogP contribution in [-0.4, -0.2) is 27.7 Å². The van der Waals surface area contributed by atoms with Gasteiger partial charge in [0, 0.05) is 30.2 Å². The SMILES string of the molecule is C[C@@H](CC#Cc1cnc2[nH]ccc2c1Cl)NC(=O)OC(C)(C)C. The number of H-pyrrole nitrogens is 1. The fourth-order valence-corrected chi connectivity index (χ4v) is 2.17. The Balaban J connectivity index is 1.96. The second-order valence-electron chi connectivity index (χ2n) is 6.28. The van der Waals surface area contributed by atoms with Gasteiger partial charge in [-0.05, 0) is 33.8 Å². The predicted octanol–water partition coefficient (Wildman–Crippen LogP) is 3.87. The molecular formula is C17H20ClN3O2. The van der Waals surface area contributed by atoms with Crippen molar-refractivity contribution in [1.29, 1.82) is 0 Å². The molecule has 1 amide bonds. The number of aromatic amines is 1. The van der Waals surface area contributed by atoms with Crippen molar-refractivity contribution in [3.8, 4) is 11.8 Å². The van der Waals surface area contributed by atoms with Crippen LogP contribution in [0.1, 0.15) is 39.7 Å². The van der Waals surface area contributed by atoms with E-state index in [1.807, 2.05) is 33.8 Å². The molecule has 2 N–H and O–H groups in total. The van der Waals surface area contributed by atoms with E-state index in [9.17, 15) is 4.79 Å². The molecule has 0 radical (unpaired) electrons. The van der Waals surface area contributed by atoms with Crippen LogP contribution in [0.3, 0.4) is 0 Å². The van der Waals surface area contributed by atoms with Crippen LogP contribution in [0.25, 0.3) is 11.0 Å². The average molecular weight is 334 g/mol. The summed E-state index contributed by atoms with van der Waals surface area (Å²) in [5.74, 6) is 6.01. The number of carbonyl (C=O) groups is 1. The Kier molecular flexibility index (Phi) is 5.17. The summed E-state index contributed by atoms with van der Waals surface area (Å²) < 4.78 is 5.20. The molecule has 6 heteroatoms. The Labute approximate surface area is 140 Å². The van der Waals surface area contributed by atoms with Crippen molar-refractivity contribution in [3.05, 3.63) is 29.0 Å². The van der Waals surface area contributed by atoms with Gasteiger partial charge in [-0.3, -0.25) is 0 Å². The first-order chi connectivity index (χ1) is 10.8. The zero-order valence-electron chi connectivity index (χ0n) is 13.7. The molecule has 0 aliphatic carbocycles. The van der Waals surface area contributed by atoms with Crippen LogP contribution in [0.5, 0.6) is 0 Å². The number of rotatable bonds is 2. The molecule has 1 atom stereocenters. The van der Waals surface area contributed by atoms with Crippen molar-refractivity contribution in [3.63, 3.8) is 0 Å². The molecule has 0 aromatic carbocycles. The number of fused-ring (bicyclic) bond motifs is 1. The van der Waals surface area contributed by atoms with E-state index in [0.717, 1.165) is 11.0 Å². The average Bonchev–Trinajstić information content (AvgIpc) is 2.88. The summed E-state index contributed by atoms with van der Waals surface area (Å²) in [7, 11) is 0. The van der Waals surface area contributed by atoms with E-state index in [1.165, 1.54) is 0 Å². The molecule has 0 fully saturated rings. The molecule has 2 heterocycles. The maximum absolute atomic E-state index is 11.7. The number of hydrogen-bond acceptors (Lipinski definition) is 3. The minimum absolute atomic E-state index is 0.125. The molecule has 0 aliphatic heterocycles. The van der Waals surface area contributed by atoms with Crippen LogP contribution < -0.4 is 5.32 Å². The van der Waals surface area contributed by atoms with Crippen molar-refractivity contribution in [2.75, 3.05) is 0 Å². The van der Waals surface area contributed by atoms with Crippen molar-refractivity contribution >= 4 is 28.7 Å². The van der Waals surface area contributed by atoms with E-state index in [-0.39, 0.29) is 6.04 Å². The van der Waals surface area contributed by atoms with Gasteiger partial charge in [-0.2, -0.15) is 0 Å². The van der Waals surface area contributed by atoms with E-state index >= 15 is 0 Å². The van der Waals surface area contributed by atoms with E-state index < -0.39 is 11.7 Å². The lowest BCUT2D eigenvalue weighted by Gasteiger charge is -2.21. The van der Waals surface area contributed by atoms with Crippen LogP contribution in [0.15, 0.2) is 18.5 Å². The van der Waals surface area contributed by atoms with E-state index in [2.05, 4.69) is 27.1 Å². The molecule has 0 saturated carbocycles. The number of nitrogens with zero attached hydrogens (tertiary/aromatic N) is 1. The minimum atomic E-state index is -0.513. The Morgan fingerprint density at radius 2 is 2.26 bits per heavy atom. The normalized spacial score (nSPS) is 12.4. The molecule has 0 bridgehead atoms. The smallest absolute Gasteiger partial charge is 0.407 e. The van der Waals surface area contributed by atoms with E-state index in [4.69, 9.17) is 16.3 Å². The molecule has 122 valence electrons. The zero-order valence-corrected chi connectivity index (χ0v) is 14.4. The van der Waals surface area contributed by atoms with Gasteiger partial charge in [-0.15, -0.1) is 0 Å². The third-order valence-electron chi connectivity index (χ3n) is 2.92. The second-order valence-corrected chi connectivity index (χ2v) is 6.66. The summed E-state index contributed by atoms with van der Waals surface area (Å²) in [6.45, 7) is 7.34. The van der Waals surface area contributed by atoms with Gasteiger partial charge in [0.1, 0.15) is 11.2 Å². The van der Waals surface area contributed by atoms with Crippen molar-refractivity contribution in [1.82, 2.24) is 15.3 Å². The van der Waals surface area contributed by atoms with E-state index in [1.54, 1.807) is 12.4 Å². The lowest BCUT2D eigenvalue weighted by molar-refractivity contribution is 0.0509. The molecule has 0 aliphatic rings. The quantitative estimate of drug-likeness (QED) is 0.820. The molecule has 5 nitrogen and oxygen atoms in total. The van der Waals surface area contributed by atoms with Gasteiger partial charge in [-0.25, -0.2) is 9.78 Å². The lowest BCUT2D eigenvalue weighted by Crippen LogP contribution is -2.37. The molecule has 2 aromatic heterocycles. The molecule has 0 unspecified atom stereocenters. The zero-order chi connectivity index (χ0) is 17.0. The Morgan fingerprint density at radius 3 is 2.96 bits per heavy atom. The summed E-state index contributed by atoms with van der Waals surface area (Å²) in [5.41, 5.74) is 0.893. The number of nitrogens with one attached hydrogen (secondary N) is 2. The highest BCUT2D eigenvalue weighted by atomic mass is 35.5. The maximum Gasteiger partial charge on any atom is 0.407 e. The lowest BCUT2D eigenvalue weighted by atomic mass is 10.2. The number of aromatic nitrogens is 2. The van der Waals surface area contributed by atoms with Gasteiger partial charge in [0.25, 0.3) is 0 Å². The molecule has 23 heavy (non-hydrogen) atoms. The maximum atomic E-state index is 11.7. The highest BCUT2D eigenvalue weighted by Gasteiger charge is 2.17. The van der Waals surface area contributed by atoms with Crippen LogP contribution in [0, 0.1) is 11.8 Å². The first kappa shape index (κ1) is 17.2. The van der Waals surface area contributed by atoms with Gasteiger partial charge in [0.05, 0.1) is 10.6 Å².